The number of benzene rings is 1. The number of sulfonamides is 1. The van der Waals surface area contributed by atoms with E-state index in [1.54, 1.807) is 18.2 Å². The molecular weight excluding hydrogens is 370 g/mol. The molecule has 20 heavy (non-hydrogen) atoms. The van der Waals surface area contributed by atoms with Crippen LogP contribution in [0.25, 0.3) is 0 Å². The average molecular weight is 381 g/mol. The molecule has 1 heterocycles. The Bertz CT molecular complexity index is 742. The molecular formula is C12H11BrClNO4S. The lowest BCUT2D eigenvalue weighted by atomic mass is 10.3. The fraction of sp³-hybridized carbons (Fsp3) is 0.167. The molecule has 0 radical (unpaired) electrons. The van der Waals surface area contributed by atoms with Crippen LogP contribution in [0.2, 0.25) is 5.02 Å². The first kappa shape index (κ1) is 15.4. The van der Waals surface area contributed by atoms with E-state index in [1.165, 1.54) is 13.0 Å². The molecule has 0 saturated carbocycles. The highest BCUT2D eigenvalue weighted by Gasteiger charge is 2.22. The number of aryl methyl sites for hydroxylation is 1. The Morgan fingerprint density at radius 2 is 2.15 bits per heavy atom. The average Bonchev–Trinajstić information content (AvgIpc) is 2.77. The van der Waals surface area contributed by atoms with Crippen molar-refractivity contribution in [1.82, 2.24) is 0 Å². The van der Waals surface area contributed by atoms with Crippen LogP contribution in [-0.4, -0.2) is 13.5 Å². The third-order valence-corrected chi connectivity index (χ3v) is 5.44. The van der Waals surface area contributed by atoms with Gasteiger partial charge < -0.3 is 9.52 Å². The summed E-state index contributed by atoms with van der Waals surface area (Å²) in [7, 11) is -3.82. The van der Waals surface area contributed by atoms with E-state index in [-0.39, 0.29) is 23.0 Å². The summed E-state index contributed by atoms with van der Waals surface area (Å²) in [6.45, 7) is 1.15. The molecule has 0 aliphatic heterocycles. The first-order chi connectivity index (χ1) is 9.35. The van der Waals surface area contributed by atoms with E-state index in [0.29, 0.717) is 15.2 Å². The fourth-order valence-electron chi connectivity index (χ4n) is 1.65. The van der Waals surface area contributed by atoms with Gasteiger partial charge in [-0.25, -0.2) is 8.42 Å². The topological polar surface area (TPSA) is 79.5 Å². The van der Waals surface area contributed by atoms with Gasteiger partial charge >= 0.3 is 0 Å². The number of hydrogen-bond acceptors (Lipinski definition) is 4. The third kappa shape index (κ3) is 3.01. The second kappa shape index (κ2) is 5.77. The van der Waals surface area contributed by atoms with Crippen LogP contribution in [-0.2, 0) is 16.6 Å². The van der Waals surface area contributed by atoms with Crippen molar-refractivity contribution < 1.29 is 17.9 Å². The summed E-state index contributed by atoms with van der Waals surface area (Å²) < 4.78 is 32.6. The van der Waals surface area contributed by atoms with Gasteiger partial charge in [0.15, 0.2) is 0 Å². The summed E-state index contributed by atoms with van der Waals surface area (Å²) in [5.74, 6) is 0.396. The second-order valence-electron chi connectivity index (χ2n) is 4.00. The van der Waals surface area contributed by atoms with Gasteiger partial charge in [0.05, 0.1) is 15.2 Å². The van der Waals surface area contributed by atoms with Crippen LogP contribution in [0.1, 0.15) is 11.5 Å². The third-order valence-electron chi connectivity index (χ3n) is 2.56. The number of furan rings is 1. The van der Waals surface area contributed by atoms with Gasteiger partial charge in [-0.1, -0.05) is 17.7 Å². The molecule has 108 valence electrons. The molecule has 0 atom stereocenters. The first-order valence-corrected chi connectivity index (χ1v) is 8.17. The number of aliphatic hydroxyl groups excluding tert-OH is 1. The van der Waals surface area contributed by atoms with Crippen LogP contribution in [0.15, 0.2) is 38.1 Å². The van der Waals surface area contributed by atoms with E-state index in [4.69, 9.17) is 21.1 Å². The Labute approximate surface area is 129 Å². The maximum atomic E-state index is 12.3. The summed E-state index contributed by atoms with van der Waals surface area (Å²) in [6.07, 6.45) is 0. The highest BCUT2D eigenvalue weighted by atomic mass is 79.9. The molecule has 2 rings (SSSR count). The summed E-state index contributed by atoms with van der Waals surface area (Å²) in [4.78, 5) is -0.0200. The lowest BCUT2D eigenvalue weighted by Gasteiger charge is -2.09. The van der Waals surface area contributed by atoms with Gasteiger partial charge in [-0.3, -0.25) is 4.72 Å². The molecule has 5 nitrogen and oxygen atoms in total. The van der Waals surface area contributed by atoms with Crippen LogP contribution in [0.3, 0.4) is 0 Å². The number of halogens is 2. The Kier molecular flexibility index (Phi) is 4.43. The zero-order chi connectivity index (χ0) is 14.9. The van der Waals surface area contributed by atoms with E-state index in [9.17, 15) is 8.42 Å². The van der Waals surface area contributed by atoms with Crippen molar-refractivity contribution in [1.29, 1.82) is 0 Å². The van der Waals surface area contributed by atoms with Gasteiger partial charge in [0.25, 0.3) is 10.0 Å². The minimum atomic E-state index is -3.82. The Morgan fingerprint density at radius 1 is 1.45 bits per heavy atom. The minimum Gasteiger partial charge on any atom is -0.462 e. The van der Waals surface area contributed by atoms with Crippen LogP contribution in [0, 0.1) is 6.92 Å². The summed E-state index contributed by atoms with van der Waals surface area (Å²) in [6, 6.07) is 6.13. The largest absolute Gasteiger partial charge is 0.462 e. The van der Waals surface area contributed by atoms with E-state index in [0.717, 1.165) is 0 Å². The number of aliphatic hydroxyl groups is 1. The predicted octanol–water partition coefficient (Wildman–Crippen LogP) is 3.30. The van der Waals surface area contributed by atoms with Crippen LogP contribution in [0.4, 0.5) is 5.69 Å². The molecule has 8 heteroatoms. The molecule has 0 bridgehead atoms. The Hall–Kier alpha value is -1.02. The lowest BCUT2D eigenvalue weighted by Crippen LogP contribution is -2.13. The number of rotatable bonds is 4. The van der Waals surface area contributed by atoms with Gasteiger partial charge in [-0.15, -0.1) is 0 Å². The zero-order valence-electron chi connectivity index (χ0n) is 10.4. The Morgan fingerprint density at radius 3 is 2.75 bits per heavy atom. The van der Waals surface area contributed by atoms with Crippen molar-refractivity contribution in [3.63, 3.8) is 0 Å². The first-order valence-electron chi connectivity index (χ1n) is 5.52. The van der Waals surface area contributed by atoms with Gasteiger partial charge in [0.1, 0.15) is 23.0 Å². The summed E-state index contributed by atoms with van der Waals surface area (Å²) >= 11 is 9.13. The molecule has 1 aromatic carbocycles. The van der Waals surface area contributed by atoms with E-state index >= 15 is 0 Å². The van der Waals surface area contributed by atoms with Crippen molar-refractivity contribution >= 4 is 43.2 Å². The molecule has 0 unspecified atom stereocenters. The number of hydrogen-bond donors (Lipinski definition) is 2. The molecule has 1 aromatic heterocycles. The van der Waals surface area contributed by atoms with Gasteiger partial charge in [-0.05, 0) is 35.0 Å². The van der Waals surface area contributed by atoms with Crippen molar-refractivity contribution in [2.24, 2.45) is 0 Å². The van der Waals surface area contributed by atoms with Crippen LogP contribution >= 0.6 is 27.5 Å². The minimum absolute atomic E-state index is 0.0200. The molecule has 2 aromatic rings. The Balaban J connectivity index is 2.40. The second-order valence-corrected chi connectivity index (χ2v) is 6.85. The monoisotopic (exact) mass is 379 g/mol. The quantitative estimate of drug-likeness (QED) is 0.853. The van der Waals surface area contributed by atoms with Gasteiger partial charge in [-0.2, -0.15) is 0 Å². The van der Waals surface area contributed by atoms with Gasteiger partial charge in [0, 0.05) is 6.07 Å². The normalized spacial score (nSPS) is 11.6. The van der Waals surface area contributed by atoms with Crippen LogP contribution < -0.4 is 4.72 Å². The maximum Gasteiger partial charge on any atom is 0.265 e. The van der Waals surface area contributed by atoms with Crippen molar-refractivity contribution in [2.45, 2.75) is 18.4 Å². The molecule has 0 aliphatic carbocycles. The fourth-order valence-corrected chi connectivity index (χ4v) is 3.60. The summed E-state index contributed by atoms with van der Waals surface area (Å²) in [5, 5.41) is 9.37. The number of anilines is 1. The van der Waals surface area contributed by atoms with Crippen LogP contribution in [0.5, 0.6) is 0 Å². The highest BCUT2D eigenvalue weighted by Crippen LogP contribution is 2.32. The molecule has 0 saturated heterocycles. The van der Waals surface area contributed by atoms with E-state index < -0.39 is 10.0 Å². The standard InChI is InChI=1S/C12H11BrClNO4S/c1-7-11(5-8(6-16)19-7)20(17,18)15-10-4-2-3-9(14)12(10)13/h2-5,15-16H,6H2,1H3. The van der Waals surface area contributed by atoms with Gasteiger partial charge in [0.2, 0.25) is 0 Å². The van der Waals surface area contributed by atoms with E-state index in [2.05, 4.69) is 20.7 Å². The molecule has 2 N–H and O–H groups in total. The van der Waals surface area contributed by atoms with Crippen molar-refractivity contribution in [3.05, 3.63) is 45.3 Å². The smallest absolute Gasteiger partial charge is 0.265 e. The number of nitrogens with one attached hydrogen (secondary N) is 1. The SMILES string of the molecule is Cc1oc(CO)cc1S(=O)(=O)Nc1cccc(Cl)c1Br. The molecule has 0 fully saturated rings. The predicted molar refractivity (Wildman–Crippen MR) is 79.3 cm³/mol. The van der Waals surface area contributed by atoms with E-state index in [1.807, 2.05) is 0 Å². The highest BCUT2D eigenvalue weighted by molar-refractivity contribution is 9.10. The molecule has 0 amide bonds. The lowest BCUT2D eigenvalue weighted by molar-refractivity contribution is 0.245. The van der Waals surface area contributed by atoms with Crippen molar-refractivity contribution in [3.8, 4) is 0 Å². The van der Waals surface area contributed by atoms with Crippen molar-refractivity contribution in [2.75, 3.05) is 4.72 Å². The zero-order valence-corrected chi connectivity index (χ0v) is 13.5. The molecule has 0 spiro atoms. The summed E-state index contributed by atoms with van der Waals surface area (Å²) in [5.41, 5.74) is 0.323. The molecule has 0 aliphatic rings. The maximum absolute atomic E-state index is 12.3.